The Balaban J connectivity index is 1.88. The summed E-state index contributed by atoms with van der Waals surface area (Å²) < 4.78 is 0. The van der Waals surface area contributed by atoms with E-state index >= 15 is 0 Å². The molecule has 0 radical (unpaired) electrons. The minimum atomic E-state index is -0.212. The van der Waals surface area contributed by atoms with Gasteiger partial charge in [0, 0.05) is 11.0 Å². The summed E-state index contributed by atoms with van der Waals surface area (Å²) >= 11 is 0. The molecule has 1 aromatic heterocycles. The van der Waals surface area contributed by atoms with Gasteiger partial charge < -0.3 is 5.73 Å². The number of hydrogen-bond acceptors (Lipinski definition) is 3. The fourth-order valence-corrected chi connectivity index (χ4v) is 5.65. The number of H-pyrrole nitrogens is 1. The molecule has 0 aliphatic heterocycles. The van der Waals surface area contributed by atoms with E-state index in [0.717, 1.165) is 29.0 Å². The number of nitrogens with one attached hydrogen (secondary N) is 1. The molecule has 102 valence electrons. The summed E-state index contributed by atoms with van der Waals surface area (Å²) in [6.07, 6.45) is 7.85. The first-order valence-electron chi connectivity index (χ1n) is 7.42. The summed E-state index contributed by atoms with van der Waals surface area (Å²) in [7, 11) is 0. The number of aryl methyl sites for hydroxylation is 1. The summed E-state index contributed by atoms with van der Waals surface area (Å²) in [5.74, 6) is 2.55. The van der Waals surface area contributed by atoms with Crippen molar-refractivity contribution >= 4 is 5.69 Å². The van der Waals surface area contributed by atoms with Gasteiger partial charge in [-0.25, -0.2) is 5.10 Å². The fourth-order valence-electron chi connectivity index (χ4n) is 5.65. The Bertz CT molecular complexity index is 554. The van der Waals surface area contributed by atoms with Gasteiger partial charge in [0.1, 0.15) is 5.69 Å². The number of nitrogen functional groups attached to an aromatic ring is 1. The lowest BCUT2D eigenvalue weighted by molar-refractivity contribution is -0.00538. The van der Waals surface area contributed by atoms with Crippen molar-refractivity contribution < 1.29 is 0 Å². The van der Waals surface area contributed by atoms with E-state index in [2.05, 4.69) is 10.2 Å². The van der Waals surface area contributed by atoms with Crippen LogP contribution in [0.5, 0.6) is 0 Å². The Kier molecular flexibility index (Phi) is 2.19. The molecular formula is C15H21N3O. The van der Waals surface area contributed by atoms with Gasteiger partial charge in [0.05, 0.1) is 5.69 Å². The molecule has 5 rings (SSSR count). The number of anilines is 1. The Morgan fingerprint density at radius 3 is 2.21 bits per heavy atom. The minimum Gasteiger partial charge on any atom is -0.394 e. The molecule has 0 saturated heterocycles. The van der Waals surface area contributed by atoms with Crippen LogP contribution in [-0.4, -0.2) is 10.2 Å². The van der Waals surface area contributed by atoms with Crippen LogP contribution in [-0.2, 0) is 5.41 Å². The second-order valence-electron chi connectivity index (χ2n) is 7.12. The highest BCUT2D eigenvalue weighted by Gasteiger charge is 2.53. The van der Waals surface area contributed by atoms with Crippen molar-refractivity contribution in [2.45, 2.75) is 50.9 Å². The number of nitrogens with two attached hydrogens (primary N) is 1. The SMILES string of the molecule is Cc1n[nH]c(=O)c(N)c1C12CC3CC(CC(C3)C1)C2. The van der Waals surface area contributed by atoms with Crippen molar-refractivity contribution in [3.63, 3.8) is 0 Å². The van der Waals surface area contributed by atoms with Crippen LogP contribution in [0.2, 0.25) is 0 Å². The Morgan fingerprint density at radius 1 is 1.16 bits per heavy atom. The molecule has 4 heteroatoms. The molecule has 4 bridgehead atoms. The molecule has 0 spiro atoms. The first kappa shape index (κ1) is 11.5. The molecule has 0 aromatic carbocycles. The minimum absolute atomic E-state index is 0.157. The molecule has 1 heterocycles. The number of aromatic nitrogens is 2. The lowest BCUT2D eigenvalue weighted by atomic mass is 9.48. The highest BCUT2D eigenvalue weighted by atomic mass is 16.1. The maximum Gasteiger partial charge on any atom is 0.287 e. The van der Waals surface area contributed by atoms with Gasteiger partial charge in [-0.15, -0.1) is 0 Å². The molecule has 0 amide bonds. The van der Waals surface area contributed by atoms with Gasteiger partial charge in [0.2, 0.25) is 0 Å². The Morgan fingerprint density at radius 2 is 1.68 bits per heavy atom. The van der Waals surface area contributed by atoms with Crippen LogP contribution in [0.4, 0.5) is 5.69 Å². The second kappa shape index (κ2) is 3.62. The molecule has 4 fully saturated rings. The molecular weight excluding hydrogens is 238 g/mol. The zero-order chi connectivity index (χ0) is 13.2. The molecule has 4 aliphatic rings. The Hall–Kier alpha value is -1.32. The largest absolute Gasteiger partial charge is 0.394 e. The number of hydrogen-bond donors (Lipinski definition) is 2. The maximum absolute atomic E-state index is 11.8. The van der Waals surface area contributed by atoms with Crippen molar-refractivity contribution in [3.05, 3.63) is 21.6 Å². The normalized spacial score (nSPS) is 39.7. The van der Waals surface area contributed by atoms with Crippen molar-refractivity contribution in [2.75, 3.05) is 5.73 Å². The first-order valence-corrected chi connectivity index (χ1v) is 7.42. The second-order valence-corrected chi connectivity index (χ2v) is 7.12. The predicted octanol–water partition coefficient (Wildman–Crippen LogP) is 2.13. The summed E-state index contributed by atoms with van der Waals surface area (Å²) in [6, 6.07) is 0. The van der Waals surface area contributed by atoms with Gasteiger partial charge in [-0.3, -0.25) is 4.79 Å². The number of nitrogens with zero attached hydrogens (tertiary/aromatic N) is 1. The van der Waals surface area contributed by atoms with Crippen molar-refractivity contribution in [1.29, 1.82) is 0 Å². The third-order valence-corrected chi connectivity index (χ3v) is 5.77. The zero-order valence-electron chi connectivity index (χ0n) is 11.4. The van der Waals surface area contributed by atoms with Gasteiger partial charge in [0.15, 0.2) is 0 Å². The van der Waals surface area contributed by atoms with E-state index in [-0.39, 0.29) is 11.0 Å². The molecule has 1 aromatic rings. The number of aromatic amines is 1. The standard InChI is InChI=1S/C15H21N3O/c1-8-12(13(16)14(19)18-17-8)15-5-9-2-10(6-15)4-11(3-9)7-15/h9-11H,2-7H2,1H3,(H2,16,17)(H,18,19). The van der Waals surface area contributed by atoms with E-state index in [9.17, 15) is 4.79 Å². The van der Waals surface area contributed by atoms with Gasteiger partial charge in [-0.05, 0) is 63.2 Å². The third kappa shape index (κ3) is 1.52. The van der Waals surface area contributed by atoms with Crippen LogP contribution in [0, 0.1) is 24.7 Å². The Labute approximate surface area is 112 Å². The van der Waals surface area contributed by atoms with E-state index in [1.54, 1.807) is 0 Å². The summed E-state index contributed by atoms with van der Waals surface area (Å²) in [5.41, 5.74) is 8.50. The topological polar surface area (TPSA) is 71.8 Å². The molecule has 3 N–H and O–H groups in total. The lowest BCUT2D eigenvalue weighted by Crippen LogP contribution is -2.49. The number of rotatable bonds is 1. The average Bonchev–Trinajstić information content (AvgIpc) is 2.32. The van der Waals surface area contributed by atoms with Crippen LogP contribution in [0.1, 0.15) is 49.8 Å². The van der Waals surface area contributed by atoms with E-state index in [1.807, 2.05) is 6.92 Å². The van der Waals surface area contributed by atoms with Crippen LogP contribution in [0.25, 0.3) is 0 Å². The van der Waals surface area contributed by atoms with Crippen molar-refractivity contribution in [3.8, 4) is 0 Å². The average molecular weight is 259 g/mol. The quantitative estimate of drug-likeness (QED) is 0.811. The van der Waals surface area contributed by atoms with Crippen LogP contribution < -0.4 is 11.3 Å². The van der Waals surface area contributed by atoms with E-state index < -0.39 is 0 Å². The monoisotopic (exact) mass is 259 g/mol. The molecule has 4 nitrogen and oxygen atoms in total. The van der Waals surface area contributed by atoms with E-state index in [4.69, 9.17) is 5.73 Å². The highest BCUT2D eigenvalue weighted by Crippen LogP contribution is 2.61. The molecule has 4 aliphatic carbocycles. The van der Waals surface area contributed by atoms with Gasteiger partial charge in [0.25, 0.3) is 5.56 Å². The van der Waals surface area contributed by atoms with Crippen LogP contribution in [0.15, 0.2) is 4.79 Å². The van der Waals surface area contributed by atoms with Gasteiger partial charge >= 0.3 is 0 Å². The van der Waals surface area contributed by atoms with Gasteiger partial charge in [-0.1, -0.05) is 0 Å². The van der Waals surface area contributed by atoms with E-state index in [0.29, 0.717) is 5.69 Å². The smallest absolute Gasteiger partial charge is 0.287 e. The highest BCUT2D eigenvalue weighted by molar-refractivity contribution is 5.51. The molecule has 0 unspecified atom stereocenters. The van der Waals surface area contributed by atoms with Crippen LogP contribution >= 0.6 is 0 Å². The molecule has 4 saturated carbocycles. The predicted molar refractivity (Wildman–Crippen MR) is 73.9 cm³/mol. The van der Waals surface area contributed by atoms with Crippen molar-refractivity contribution in [2.24, 2.45) is 17.8 Å². The summed E-state index contributed by atoms with van der Waals surface area (Å²) in [6.45, 7) is 1.99. The first-order chi connectivity index (χ1) is 9.07. The van der Waals surface area contributed by atoms with Crippen LogP contribution in [0.3, 0.4) is 0 Å². The van der Waals surface area contributed by atoms with E-state index in [1.165, 1.54) is 38.5 Å². The molecule has 0 atom stereocenters. The third-order valence-electron chi connectivity index (χ3n) is 5.77. The summed E-state index contributed by atoms with van der Waals surface area (Å²) in [4.78, 5) is 11.8. The fraction of sp³-hybridized carbons (Fsp3) is 0.733. The van der Waals surface area contributed by atoms with Crippen molar-refractivity contribution in [1.82, 2.24) is 10.2 Å². The van der Waals surface area contributed by atoms with Gasteiger partial charge in [-0.2, -0.15) is 5.10 Å². The maximum atomic E-state index is 11.8. The molecule has 19 heavy (non-hydrogen) atoms. The summed E-state index contributed by atoms with van der Waals surface area (Å²) in [5, 5.41) is 6.69. The zero-order valence-corrected chi connectivity index (χ0v) is 11.4. The lowest BCUT2D eigenvalue weighted by Gasteiger charge is -2.57.